The lowest BCUT2D eigenvalue weighted by Crippen LogP contribution is -2.52. The number of hydrogen-bond acceptors (Lipinski definition) is 7. The number of hydrogen-bond donors (Lipinski definition) is 1. The van der Waals surface area contributed by atoms with Gasteiger partial charge in [0.05, 0.1) is 6.07 Å². The summed E-state index contributed by atoms with van der Waals surface area (Å²) in [7, 11) is 0. The monoisotopic (exact) mass is 359 g/mol. The molecule has 2 atom stereocenters. The van der Waals surface area contributed by atoms with Crippen LogP contribution in [0.3, 0.4) is 0 Å². The molecule has 1 amide bonds. The maximum atomic E-state index is 12.2. The van der Waals surface area contributed by atoms with Crippen LogP contribution < -0.4 is 10.2 Å². The third-order valence-electron chi connectivity index (χ3n) is 4.71. The summed E-state index contributed by atoms with van der Waals surface area (Å²) in [4.78, 5) is 26.5. The van der Waals surface area contributed by atoms with Gasteiger partial charge in [-0.05, 0) is 44.7 Å². The van der Waals surface area contributed by atoms with E-state index in [-0.39, 0.29) is 11.6 Å². The molecular weight excluding hydrogens is 334 g/mol. The second kappa shape index (κ2) is 8.13. The molecule has 2 unspecified atom stereocenters. The maximum absolute atomic E-state index is 12.2. The van der Waals surface area contributed by atoms with E-state index in [0.717, 1.165) is 31.7 Å². The van der Waals surface area contributed by atoms with E-state index in [0.29, 0.717) is 0 Å². The molecule has 1 fully saturated rings. The standard InChI is InChI=1S/C18H25N5O3/c1-12(2)18(4,11-19)20-16(24)13(3)26-17(25)14-7-8-15(22-21-14)23-9-5-6-10-23/h7-8,12-13H,5-6,9-10H2,1-4H3,(H,20,24). The van der Waals surface area contributed by atoms with Crippen LogP contribution in [0.2, 0.25) is 0 Å². The summed E-state index contributed by atoms with van der Waals surface area (Å²) in [5.41, 5.74) is -0.992. The van der Waals surface area contributed by atoms with Gasteiger partial charge in [-0.3, -0.25) is 4.79 Å². The molecule has 1 saturated heterocycles. The van der Waals surface area contributed by atoms with Crippen LogP contribution in [-0.2, 0) is 9.53 Å². The lowest BCUT2D eigenvalue weighted by Gasteiger charge is -2.28. The highest BCUT2D eigenvalue weighted by Gasteiger charge is 2.32. The first-order valence-corrected chi connectivity index (χ1v) is 8.80. The van der Waals surface area contributed by atoms with Gasteiger partial charge in [0.1, 0.15) is 5.54 Å². The van der Waals surface area contributed by atoms with Crippen molar-refractivity contribution in [2.24, 2.45) is 5.92 Å². The number of nitriles is 1. The smallest absolute Gasteiger partial charge is 0.359 e. The molecule has 0 bridgehead atoms. The fraction of sp³-hybridized carbons (Fsp3) is 0.611. The van der Waals surface area contributed by atoms with Crippen LogP contribution in [0, 0.1) is 17.2 Å². The zero-order valence-electron chi connectivity index (χ0n) is 15.7. The number of carbonyl (C=O) groups excluding carboxylic acids is 2. The molecule has 1 aliphatic rings. The van der Waals surface area contributed by atoms with Crippen molar-refractivity contribution in [3.05, 3.63) is 17.8 Å². The Balaban J connectivity index is 1.95. The van der Waals surface area contributed by atoms with E-state index in [4.69, 9.17) is 4.74 Å². The van der Waals surface area contributed by atoms with Gasteiger partial charge in [-0.1, -0.05) is 13.8 Å². The Hall–Kier alpha value is -2.69. The van der Waals surface area contributed by atoms with Crippen molar-refractivity contribution in [2.45, 2.75) is 52.2 Å². The Bertz CT molecular complexity index is 692. The predicted octanol–water partition coefficient (Wildman–Crippen LogP) is 1.68. The van der Waals surface area contributed by atoms with Crippen LogP contribution >= 0.6 is 0 Å². The van der Waals surface area contributed by atoms with Gasteiger partial charge >= 0.3 is 5.97 Å². The minimum atomic E-state index is -1.05. The number of aromatic nitrogens is 2. The lowest BCUT2D eigenvalue weighted by molar-refractivity contribution is -0.130. The van der Waals surface area contributed by atoms with Gasteiger partial charge < -0.3 is 15.0 Å². The summed E-state index contributed by atoms with van der Waals surface area (Å²) in [6, 6.07) is 5.35. The van der Waals surface area contributed by atoms with Crippen molar-refractivity contribution >= 4 is 17.7 Å². The zero-order chi connectivity index (χ0) is 19.3. The minimum Gasteiger partial charge on any atom is -0.448 e. The van der Waals surface area contributed by atoms with Gasteiger partial charge in [0.15, 0.2) is 17.6 Å². The van der Waals surface area contributed by atoms with Crippen molar-refractivity contribution < 1.29 is 14.3 Å². The Labute approximate surface area is 153 Å². The number of nitrogens with zero attached hydrogens (tertiary/aromatic N) is 4. The van der Waals surface area contributed by atoms with Crippen molar-refractivity contribution in [1.29, 1.82) is 5.26 Å². The second-order valence-electron chi connectivity index (χ2n) is 6.98. The molecule has 2 rings (SSSR count). The quantitative estimate of drug-likeness (QED) is 0.770. The van der Waals surface area contributed by atoms with Crippen LogP contribution in [-0.4, -0.2) is 46.8 Å². The SMILES string of the molecule is CC(OC(=O)c1ccc(N2CCCC2)nn1)C(=O)NC(C)(C#N)C(C)C. The number of nitrogens with one attached hydrogen (secondary N) is 1. The third kappa shape index (κ3) is 4.48. The Kier molecular flexibility index (Phi) is 6.14. The zero-order valence-corrected chi connectivity index (χ0v) is 15.7. The van der Waals surface area contributed by atoms with E-state index in [2.05, 4.69) is 26.5 Å². The first-order valence-electron chi connectivity index (χ1n) is 8.80. The van der Waals surface area contributed by atoms with E-state index < -0.39 is 23.5 Å². The van der Waals surface area contributed by atoms with Crippen LogP contribution in [0.4, 0.5) is 5.82 Å². The summed E-state index contributed by atoms with van der Waals surface area (Å²) >= 11 is 0. The summed E-state index contributed by atoms with van der Waals surface area (Å²) < 4.78 is 5.16. The van der Waals surface area contributed by atoms with Gasteiger partial charge in [-0.2, -0.15) is 5.26 Å². The van der Waals surface area contributed by atoms with Crippen molar-refractivity contribution in [2.75, 3.05) is 18.0 Å². The first kappa shape index (κ1) is 19.6. The van der Waals surface area contributed by atoms with E-state index >= 15 is 0 Å². The maximum Gasteiger partial charge on any atom is 0.359 e. The number of rotatable bonds is 6. The van der Waals surface area contributed by atoms with Gasteiger partial charge in [-0.25, -0.2) is 4.79 Å². The lowest BCUT2D eigenvalue weighted by atomic mass is 9.90. The number of carbonyl (C=O) groups is 2. The minimum absolute atomic E-state index is 0.0412. The van der Waals surface area contributed by atoms with Crippen molar-refractivity contribution in [3.8, 4) is 6.07 Å². The predicted molar refractivity (Wildman–Crippen MR) is 95.4 cm³/mol. The Morgan fingerprint density at radius 1 is 1.27 bits per heavy atom. The molecule has 8 nitrogen and oxygen atoms in total. The molecule has 0 aromatic carbocycles. The van der Waals surface area contributed by atoms with E-state index in [1.165, 1.54) is 6.92 Å². The topological polar surface area (TPSA) is 108 Å². The highest BCUT2D eigenvalue weighted by Crippen LogP contribution is 2.17. The molecule has 1 aliphatic heterocycles. The summed E-state index contributed by atoms with van der Waals surface area (Å²) in [5.74, 6) is -0.621. The highest BCUT2D eigenvalue weighted by molar-refractivity contribution is 5.90. The molecule has 0 saturated carbocycles. The average Bonchev–Trinajstić information content (AvgIpc) is 3.16. The van der Waals surface area contributed by atoms with Crippen LogP contribution in [0.15, 0.2) is 12.1 Å². The summed E-state index contributed by atoms with van der Waals surface area (Å²) in [6.45, 7) is 8.62. The molecule has 8 heteroatoms. The number of anilines is 1. The number of esters is 1. The number of amides is 1. The second-order valence-corrected chi connectivity index (χ2v) is 6.98. The Morgan fingerprint density at radius 3 is 2.42 bits per heavy atom. The molecule has 1 aromatic rings. The van der Waals surface area contributed by atoms with Crippen molar-refractivity contribution in [3.63, 3.8) is 0 Å². The molecule has 140 valence electrons. The fourth-order valence-electron chi connectivity index (χ4n) is 2.48. The molecular formula is C18H25N5O3. The van der Waals surface area contributed by atoms with Crippen molar-refractivity contribution in [1.82, 2.24) is 15.5 Å². The summed E-state index contributed by atoms with van der Waals surface area (Å²) in [5, 5.41) is 19.9. The molecule has 1 N–H and O–H groups in total. The molecule has 2 heterocycles. The van der Waals surface area contributed by atoms with E-state index in [1.54, 1.807) is 19.1 Å². The third-order valence-corrected chi connectivity index (χ3v) is 4.71. The van der Waals surface area contributed by atoms with Crippen LogP contribution in [0.1, 0.15) is 51.0 Å². The van der Waals surface area contributed by atoms with E-state index in [9.17, 15) is 14.9 Å². The van der Waals surface area contributed by atoms with E-state index in [1.807, 2.05) is 13.8 Å². The summed E-state index contributed by atoms with van der Waals surface area (Å²) in [6.07, 6.45) is 1.20. The van der Waals surface area contributed by atoms with Crippen LogP contribution in [0.5, 0.6) is 0 Å². The Morgan fingerprint density at radius 2 is 1.92 bits per heavy atom. The molecule has 1 aromatic heterocycles. The first-order chi connectivity index (χ1) is 12.3. The number of ether oxygens (including phenoxy) is 1. The average molecular weight is 359 g/mol. The normalized spacial score (nSPS) is 17.3. The largest absolute Gasteiger partial charge is 0.448 e. The highest BCUT2D eigenvalue weighted by atomic mass is 16.5. The molecule has 26 heavy (non-hydrogen) atoms. The molecule has 0 aliphatic carbocycles. The molecule has 0 radical (unpaired) electrons. The van der Waals surface area contributed by atoms with Gasteiger partial charge in [0.25, 0.3) is 5.91 Å². The molecule has 0 spiro atoms. The van der Waals surface area contributed by atoms with Gasteiger partial charge in [0.2, 0.25) is 0 Å². The van der Waals surface area contributed by atoms with Gasteiger partial charge in [-0.15, -0.1) is 10.2 Å². The van der Waals surface area contributed by atoms with Crippen LogP contribution in [0.25, 0.3) is 0 Å². The fourth-order valence-corrected chi connectivity index (χ4v) is 2.48. The van der Waals surface area contributed by atoms with Gasteiger partial charge in [0, 0.05) is 13.1 Å².